The highest BCUT2D eigenvalue weighted by Gasteiger charge is 2.38. The van der Waals surface area contributed by atoms with Crippen LogP contribution in [0.4, 0.5) is 13.2 Å². The second-order valence-corrected chi connectivity index (χ2v) is 8.26. The van der Waals surface area contributed by atoms with Gasteiger partial charge in [0, 0.05) is 15.6 Å². The van der Waals surface area contributed by atoms with Gasteiger partial charge in [-0.3, -0.25) is 9.78 Å². The Morgan fingerprint density at radius 3 is 2.21 bits per heavy atom. The molecular formula is C20H10Cl3F3N4O4. The van der Waals surface area contributed by atoms with Crippen molar-refractivity contribution in [2.24, 2.45) is 0 Å². The first-order valence-electron chi connectivity index (χ1n) is 8.96. The number of aromatic amines is 1. The molecule has 0 fully saturated rings. The Kier molecular flexibility index (Phi) is 6.54. The van der Waals surface area contributed by atoms with Crippen molar-refractivity contribution in [3.05, 3.63) is 88.6 Å². The summed E-state index contributed by atoms with van der Waals surface area (Å²) in [4.78, 5) is 36.7. The van der Waals surface area contributed by atoms with Crippen LogP contribution in [-0.2, 0) is 11.6 Å². The Labute approximate surface area is 202 Å². The average Bonchev–Trinajstić information content (AvgIpc) is 2.72. The molecule has 0 bridgehead atoms. The monoisotopic (exact) mass is 532 g/mol. The van der Waals surface area contributed by atoms with Crippen molar-refractivity contribution in [1.82, 2.24) is 14.8 Å². The smallest absolute Gasteiger partial charge is 0.417 e. The Bertz CT molecular complexity index is 1470. The summed E-state index contributed by atoms with van der Waals surface area (Å²) in [6.45, 7) is 1.29. The standard InChI is InChI=1S/C20H10Cl3F3N4O4/c1-19(7-27,8-2-3-11(21)10(4-8)20(24,25)26)14-12(22)5-9(6-13(14)23)30-18(34)28-16(31)15(29-30)17(32)33/h2-6H,1H3,(H,32,33)(H,28,31,34). The number of carboxylic acid groups (broad SMARTS) is 1. The van der Waals surface area contributed by atoms with E-state index >= 15 is 0 Å². The Morgan fingerprint density at radius 1 is 1.12 bits per heavy atom. The van der Waals surface area contributed by atoms with E-state index < -0.39 is 45.1 Å². The quantitative estimate of drug-likeness (QED) is 0.511. The summed E-state index contributed by atoms with van der Waals surface area (Å²) in [5.41, 5.74) is -6.67. The Hall–Kier alpha value is -3.33. The number of benzene rings is 2. The number of aromatic carboxylic acids is 1. The van der Waals surface area contributed by atoms with Gasteiger partial charge >= 0.3 is 17.8 Å². The highest BCUT2D eigenvalue weighted by molar-refractivity contribution is 6.36. The molecule has 0 aliphatic heterocycles. The van der Waals surface area contributed by atoms with Crippen LogP contribution < -0.4 is 11.2 Å². The zero-order valence-electron chi connectivity index (χ0n) is 16.7. The van der Waals surface area contributed by atoms with Crippen molar-refractivity contribution >= 4 is 40.8 Å². The molecule has 2 N–H and O–H groups in total. The fourth-order valence-corrected chi connectivity index (χ4v) is 4.27. The van der Waals surface area contributed by atoms with Gasteiger partial charge in [-0.2, -0.15) is 28.2 Å². The molecule has 0 aliphatic carbocycles. The molecule has 1 heterocycles. The van der Waals surface area contributed by atoms with Crippen LogP contribution in [0.3, 0.4) is 0 Å². The highest BCUT2D eigenvalue weighted by atomic mass is 35.5. The summed E-state index contributed by atoms with van der Waals surface area (Å²) in [5, 5.41) is 21.4. The number of hydrogen-bond donors (Lipinski definition) is 2. The minimum Gasteiger partial charge on any atom is -0.476 e. The number of halogens is 6. The van der Waals surface area contributed by atoms with Gasteiger partial charge in [-0.25, -0.2) is 9.59 Å². The SMILES string of the molecule is CC(C#N)(c1ccc(Cl)c(C(F)(F)F)c1)c1c(Cl)cc(-n2nc(C(=O)O)c(=O)[nH]c2=O)cc1Cl. The third-order valence-corrected chi connectivity index (χ3v) is 5.80. The highest BCUT2D eigenvalue weighted by Crippen LogP contribution is 2.44. The number of rotatable bonds is 4. The summed E-state index contributed by atoms with van der Waals surface area (Å²) >= 11 is 18.3. The molecule has 0 spiro atoms. The molecule has 3 aromatic rings. The first kappa shape index (κ1) is 25.3. The fourth-order valence-electron chi connectivity index (χ4n) is 3.19. The molecule has 1 atom stereocenters. The van der Waals surface area contributed by atoms with Gasteiger partial charge in [-0.05, 0) is 36.8 Å². The van der Waals surface area contributed by atoms with E-state index in [1.807, 2.05) is 6.07 Å². The average molecular weight is 534 g/mol. The van der Waals surface area contributed by atoms with Crippen molar-refractivity contribution < 1.29 is 23.1 Å². The van der Waals surface area contributed by atoms with Crippen molar-refractivity contribution in [3.8, 4) is 11.8 Å². The van der Waals surface area contributed by atoms with E-state index in [0.717, 1.165) is 18.2 Å². The van der Waals surface area contributed by atoms with E-state index in [1.165, 1.54) is 13.0 Å². The lowest BCUT2D eigenvalue weighted by molar-refractivity contribution is -0.137. The number of aromatic nitrogens is 3. The van der Waals surface area contributed by atoms with Crippen LogP contribution >= 0.6 is 34.8 Å². The van der Waals surface area contributed by atoms with E-state index in [-0.39, 0.29) is 26.9 Å². The van der Waals surface area contributed by atoms with Crippen LogP contribution in [-0.4, -0.2) is 25.8 Å². The van der Waals surface area contributed by atoms with Gasteiger partial charge in [0.05, 0.1) is 22.3 Å². The van der Waals surface area contributed by atoms with Crippen molar-refractivity contribution in [2.75, 3.05) is 0 Å². The molecular weight excluding hydrogens is 524 g/mol. The van der Waals surface area contributed by atoms with Crippen LogP contribution in [0.25, 0.3) is 5.69 Å². The predicted molar refractivity (Wildman–Crippen MR) is 116 cm³/mol. The van der Waals surface area contributed by atoms with Gasteiger partial charge in [0.1, 0.15) is 5.41 Å². The third kappa shape index (κ3) is 4.40. The van der Waals surface area contributed by atoms with Crippen LogP contribution in [0.1, 0.15) is 34.1 Å². The molecule has 34 heavy (non-hydrogen) atoms. The number of alkyl halides is 3. The minimum absolute atomic E-state index is 0.0894. The number of nitrogens with zero attached hydrogens (tertiary/aromatic N) is 3. The van der Waals surface area contributed by atoms with Crippen molar-refractivity contribution in [2.45, 2.75) is 18.5 Å². The summed E-state index contributed by atoms with van der Waals surface area (Å²) in [5.74, 6) is -1.70. The zero-order valence-corrected chi connectivity index (χ0v) is 18.9. The van der Waals surface area contributed by atoms with E-state index in [2.05, 4.69) is 5.10 Å². The van der Waals surface area contributed by atoms with Crippen LogP contribution in [0.2, 0.25) is 15.1 Å². The second-order valence-electron chi connectivity index (χ2n) is 7.04. The molecule has 0 amide bonds. The zero-order chi connectivity index (χ0) is 25.6. The van der Waals surface area contributed by atoms with Crippen LogP contribution in [0.5, 0.6) is 0 Å². The summed E-state index contributed by atoms with van der Waals surface area (Å²) < 4.78 is 40.6. The van der Waals surface area contributed by atoms with E-state index in [9.17, 15) is 32.8 Å². The lowest BCUT2D eigenvalue weighted by atomic mass is 9.77. The van der Waals surface area contributed by atoms with Gasteiger partial charge in [0.25, 0.3) is 5.56 Å². The molecule has 1 aromatic heterocycles. The van der Waals surface area contributed by atoms with E-state index in [4.69, 9.17) is 39.9 Å². The second kappa shape index (κ2) is 8.79. The third-order valence-electron chi connectivity index (χ3n) is 4.87. The lowest BCUT2D eigenvalue weighted by Gasteiger charge is -2.26. The Morgan fingerprint density at radius 2 is 1.71 bits per heavy atom. The number of carbonyl (C=O) groups is 1. The Balaban J connectivity index is 2.24. The molecule has 2 aromatic carbocycles. The lowest BCUT2D eigenvalue weighted by Crippen LogP contribution is -2.35. The molecule has 1 unspecified atom stereocenters. The van der Waals surface area contributed by atoms with Gasteiger partial charge in [-0.15, -0.1) is 0 Å². The van der Waals surface area contributed by atoms with Gasteiger partial charge in [-0.1, -0.05) is 40.9 Å². The number of hydrogen-bond acceptors (Lipinski definition) is 5. The van der Waals surface area contributed by atoms with Gasteiger partial charge < -0.3 is 5.11 Å². The number of nitriles is 1. The minimum atomic E-state index is -4.79. The maximum Gasteiger partial charge on any atom is 0.417 e. The van der Waals surface area contributed by atoms with Crippen LogP contribution in [0, 0.1) is 11.3 Å². The first-order chi connectivity index (χ1) is 15.7. The molecule has 8 nitrogen and oxygen atoms in total. The topological polar surface area (TPSA) is 129 Å². The van der Waals surface area contributed by atoms with Crippen molar-refractivity contribution in [3.63, 3.8) is 0 Å². The summed E-state index contributed by atoms with van der Waals surface area (Å²) in [7, 11) is 0. The largest absolute Gasteiger partial charge is 0.476 e. The molecule has 176 valence electrons. The molecule has 0 aliphatic rings. The van der Waals surface area contributed by atoms with Crippen molar-refractivity contribution in [1.29, 1.82) is 5.26 Å². The van der Waals surface area contributed by atoms with E-state index in [1.54, 1.807) is 4.98 Å². The molecule has 14 heteroatoms. The van der Waals surface area contributed by atoms with Gasteiger partial charge in [0.15, 0.2) is 0 Å². The van der Waals surface area contributed by atoms with Crippen LogP contribution in [0.15, 0.2) is 39.9 Å². The normalized spacial score (nSPS) is 13.2. The van der Waals surface area contributed by atoms with E-state index in [0.29, 0.717) is 10.7 Å². The molecule has 0 saturated heterocycles. The summed E-state index contributed by atoms with van der Waals surface area (Å²) in [6.07, 6.45) is -4.79. The van der Waals surface area contributed by atoms with Gasteiger partial charge in [0.2, 0.25) is 5.69 Å². The fraction of sp³-hybridized carbons (Fsp3) is 0.150. The number of H-pyrrole nitrogens is 1. The predicted octanol–water partition coefficient (Wildman–Crippen LogP) is 4.43. The maximum absolute atomic E-state index is 13.4. The molecule has 0 radical (unpaired) electrons. The molecule has 3 rings (SSSR count). The summed E-state index contributed by atoms with van der Waals surface area (Å²) in [6, 6.07) is 7.01. The first-order valence-corrected chi connectivity index (χ1v) is 10.1. The number of carboxylic acids is 1. The maximum atomic E-state index is 13.4. The number of nitrogens with one attached hydrogen (secondary N) is 1. The molecule has 0 saturated carbocycles.